The van der Waals surface area contributed by atoms with Crippen molar-refractivity contribution in [3.05, 3.63) is 73.1 Å². The van der Waals surface area contributed by atoms with Crippen LogP contribution in [0.5, 0.6) is 5.75 Å². The molecule has 2 aromatic heterocycles. The number of amides is 2. The number of allylic oxidation sites excluding steroid dienone is 4. The molecular weight excluding hydrogens is 468 g/mol. The summed E-state index contributed by atoms with van der Waals surface area (Å²) in [6, 6.07) is 1.32. The van der Waals surface area contributed by atoms with Crippen LogP contribution in [0, 0.1) is 0 Å². The van der Waals surface area contributed by atoms with Crippen molar-refractivity contribution < 1.29 is 19.1 Å². The fourth-order valence-electron chi connectivity index (χ4n) is 3.60. The number of rotatable bonds is 6. The largest absolute Gasteiger partial charge is 0.496 e. The van der Waals surface area contributed by atoms with E-state index in [-0.39, 0.29) is 24.1 Å². The lowest BCUT2D eigenvalue weighted by Gasteiger charge is -2.39. The quantitative estimate of drug-likeness (QED) is 0.192. The van der Waals surface area contributed by atoms with Crippen LogP contribution in [0.4, 0.5) is 0 Å². The predicted molar refractivity (Wildman–Crippen MR) is 150 cm³/mol. The van der Waals surface area contributed by atoms with E-state index in [1.165, 1.54) is 36.8 Å². The van der Waals surface area contributed by atoms with Gasteiger partial charge in [-0.25, -0.2) is 4.98 Å². The highest BCUT2D eigenvalue weighted by Gasteiger charge is 2.34. The van der Waals surface area contributed by atoms with Crippen LogP contribution in [0.25, 0.3) is 11.0 Å². The molecule has 1 atom stereocenters. The molecule has 2 amide bonds. The van der Waals surface area contributed by atoms with Gasteiger partial charge in [0, 0.05) is 43.6 Å². The van der Waals surface area contributed by atoms with Crippen molar-refractivity contribution in [1.29, 1.82) is 0 Å². The van der Waals surface area contributed by atoms with Crippen LogP contribution in [0.15, 0.2) is 67.6 Å². The molecule has 37 heavy (non-hydrogen) atoms. The molecule has 1 aliphatic heterocycles. The van der Waals surface area contributed by atoms with Gasteiger partial charge in [-0.05, 0) is 26.8 Å². The molecule has 2 aromatic rings. The number of ether oxygens (including phenoxy) is 1. The summed E-state index contributed by atoms with van der Waals surface area (Å²) >= 11 is 0. The zero-order valence-electron chi connectivity index (χ0n) is 22.9. The van der Waals surface area contributed by atoms with E-state index in [1.54, 1.807) is 23.2 Å². The SMILES string of the molecule is C=C/C=C(\C=C)C(=O)N1CCN(C(=O)C(=O)c2c[nH]c3nccc(OC)c23)[C@H](C)C1.CC=CC.CCC. The van der Waals surface area contributed by atoms with Gasteiger partial charge in [0.05, 0.1) is 18.1 Å². The number of aromatic nitrogens is 2. The average molecular weight is 509 g/mol. The summed E-state index contributed by atoms with van der Waals surface area (Å²) in [6.07, 6.45) is 12.9. The highest BCUT2D eigenvalue weighted by atomic mass is 16.5. The maximum Gasteiger partial charge on any atom is 0.295 e. The molecule has 0 radical (unpaired) electrons. The Morgan fingerprint density at radius 1 is 1.16 bits per heavy atom. The van der Waals surface area contributed by atoms with Crippen molar-refractivity contribution in [3.8, 4) is 5.75 Å². The number of nitrogens with zero attached hydrogens (tertiary/aromatic N) is 3. The summed E-state index contributed by atoms with van der Waals surface area (Å²) in [6.45, 7) is 18.2. The second-order valence-corrected chi connectivity index (χ2v) is 8.30. The summed E-state index contributed by atoms with van der Waals surface area (Å²) in [5.41, 5.74) is 1.12. The Bertz CT molecular complexity index is 1140. The van der Waals surface area contributed by atoms with Gasteiger partial charge in [0.15, 0.2) is 0 Å². The molecule has 0 bridgehead atoms. The van der Waals surface area contributed by atoms with Crippen molar-refractivity contribution >= 4 is 28.6 Å². The molecule has 1 saturated heterocycles. The minimum absolute atomic E-state index is 0.178. The molecule has 1 fully saturated rings. The first-order valence-electron chi connectivity index (χ1n) is 12.4. The molecule has 0 saturated carbocycles. The Hall–Kier alpha value is -3.94. The van der Waals surface area contributed by atoms with Crippen LogP contribution in [0.2, 0.25) is 0 Å². The zero-order valence-corrected chi connectivity index (χ0v) is 22.9. The highest BCUT2D eigenvalue weighted by Crippen LogP contribution is 2.28. The maximum atomic E-state index is 13.0. The van der Waals surface area contributed by atoms with Gasteiger partial charge in [-0.15, -0.1) is 0 Å². The van der Waals surface area contributed by atoms with E-state index in [4.69, 9.17) is 4.74 Å². The molecule has 0 unspecified atom stereocenters. The third-order valence-electron chi connectivity index (χ3n) is 5.47. The molecule has 1 aliphatic rings. The fourth-order valence-corrected chi connectivity index (χ4v) is 3.60. The number of hydrogen-bond acceptors (Lipinski definition) is 5. The van der Waals surface area contributed by atoms with E-state index in [9.17, 15) is 14.4 Å². The van der Waals surface area contributed by atoms with Crippen LogP contribution in [0.1, 0.15) is 51.4 Å². The fraction of sp³-hybridized carbons (Fsp3) is 0.379. The molecule has 8 heteroatoms. The molecule has 200 valence electrons. The number of hydrogen-bond donors (Lipinski definition) is 1. The van der Waals surface area contributed by atoms with Crippen LogP contribution >= 0.6 is 0 Å². The first-order chi connectivity index (χ1) is 17.7. The Balaban J connectivity index is 0.000000873. The number of carbonyl (C=O) groups excluding carboxylic acids is 3. The molecule has 3 heterocycles. The molecule has 3 rings (SSSR count). The summed E-state index contributed by atoms with van der Waals surface area (Å²) in [4.78, 5) is 48.8. The number of nitrogens with one attached hydrogen (secondary N) is 1. The topological polar surface area (TPSA) is 95.6 Å². The van der Waals surface area contributed by atoms with Crippen molar-refractivity contribution in [2.75, 3.05) is 26.7 Å². The highest BCUT2D eigenvalue weighted by molar-refractivity contribution is 6.45. The Morgan fingerprint density at radius 3 is 2.32 bits per heavy atom. The number of piperazine rings is 1. The van der Waals surface area contributed by atoms with Gasteiger partial charge >= 0.3 is 0 Å². The van der Waals surface area contributed by atoms with Gasteiger partial charge in [0.1, 0.15) is 11.4 Å². The number of methoxy groups -OCH3 is 1. The average Bonchev–Trinajstić information content (AvgIpc) is 3.35. The van der Waals surface area contributed by atoms with E-state index in [1.807, 2.05) is 32.9 Å². The Morgan fingerprint density at radius 2 is 1.81 bits per heavy atom. The van der Waals surface area contributed by atoms with Crippen LogP contribution < -0.4 is 4.74 Å². The summed E-state index contributed by atoms with van der Waals surface area (Å²) < 4.78 is 5.31. The third kappa shape index (κ3) is 8.03. The zero-order chi connectivity index (χ0) is 28.0. The van der Waals surface area contributed by atoms with E-state index in [2.05, 4.69) is 37.0 Å². The third-order valence-corrected chi connectivity index (χ3v) is 5.47. The van der Waals surface area contributed by atoms with Crippen LogP contribution in [-0.4, -0.2) is 70.2 Å². The van der Waals surface area contributed by atoms with E-state index in [0.29, 0.717) is 35.4 Å². The van der Waals surface area contributed by atoms with Gasteiger partial charge in [0.2, 0.25) is 0 Å². The summed E-state index contributed by atoms with van der Waals surface area (Å²) in [7, 11) is 1.49. The van der Waals surface area contributed by atoms with Crippen molar-refractivity contribution in [2.24, 2.45) is 0 Å². The Labute approximate surface area is 220 Å². The first-order valence-corrected chi connectivity index (χ1v) is 12.4. The molecule has 1 N–H and O–H groups in total. The summed E-state index contributed by atoms with van der Waals surface area (Å²) in [5.74, 6) is -0.973. The van der Waals surface area contributed by atoms with Gasteiger partial charge < -0.3 is 19.5 Å². The number of fused-ring (bicyclic) bond motifs is 1. The lowest BCUT2D eigenvalue weighted by molar-refractivity contribution is -0.137. The van der Waals surface area contributed by atoms with Gasteiger partial charge in [-0.2, -0.15) is 0 Å². The minimum Gasteiger partial charge on any atom is -0.496 e. The van der Waals surface area contributed by atoms with Gasteiger partial charge in [-0.1, -0.05) is 63.8 Å². The van der Waals surface area contributed by atoms with Crippen molar-refractivity contribution in [1.82, 2.24) is 19.8 Å². The van der Waals surface area contributed by atoms with Crippen LogP contribution in [0.3, 0.4) is 0 Å². The van der Waals surface area contributed by atoms with Gasteiger partial charge in [0.25, 0.3) is 17.6 Å². The molecule has 0 aliphatic carbocycles. The first kappa shape index (κ1) is 31.1. The summed E-state index contributed by atoms with van der Waals surface area (Å²) in [5, 5.41) is 0.477. The number of carbonyl (C=O) groups is 3. The lowest BCUT2D eigenvalue weighted by atomic mass is 10.1. The molecule has 0 aromatic carbocycles. The van der Waals surface area contributed by atoms with E-state index < -0.39 is 11.7 Å². The second-order valence-electron chi connectivity index (χ2n) is 8.30. The van der Waals surface area contributed by atoms with E-state index >= 15 is 0 Å². The lowest BCUT2D eigenvalue weighted by Crippen LogP contribution is -2.57. The normalized spacial score (nSPS) is 15.3. The smallest absolute Gasteiger partial charge is 0.295 e. The maximum absolute atomic E-state index is 13.0. The number of H-pyrrole nitrogens is 1. The predicted octanol–water partition coefficient (Wildman–Crippen LogP) is 5.11. The van der Waals surface area contributed by atoms with Crippen LogP contribution in [-0.2, 0) is 9.59 Å². The minimum atomic E-state index is -0.641. The number of pyridine rings is 1. The van der Waals surface area contributed by atoms with Crippen molar-refractivity contribution in [2.45, 2.75) is 47.1 Å². The van der Waals surface area contributed by atoms with Gasteiger partial charge in [-0.3, -0.25) is 14.4 Å². The standard InChI is InChI=1S/C22H24N4O4.C4H8.C3H8/c1-5-7-15(6-2)21(28)25-10-11-26(14(3)13-25)22(29)19(27)16-12-24-20-18(16)17(30-4)8-9-23-20;1-3-4-2;1-3-2/h5-9,12,14H,1-2,10-11,13H2,3-4H3,(H,23,24);3-4H,1-2H3;3H2,1-2H3/b15-7+;;/t14-;;/m1../s1. The number of Topliss-reactive ketones (excluding diaryl/α,β-unsaturated/α-hetero) is 1. The monoisotopic (exact) mass is 508 g/mol. The van der Waals surface area contributed by atoms with Crippen molar-refractivity contribution in [3.63, 3.8) is 0 Å². The Kier molecular flexibility index (Phi) is 13.4. The number of ketones is 1. The second kappa shape index (κ2) is 15.9. The number of aromatic amines is 1. The van der Waals surface area contributed by atoms with E-state index in [0.717, 1.165) is 0 Å². The molecular formula is C29H40N4O4. The molecule has 8 nitrogen and oxygen atoms in total. The molecule has 0 spiro atoms.